The maximum absolute atomic E-state index is 12.6. The standard InChI is InChI=1S/C18H23N5O3S2/c1-3-26-17(25)13-10-7-5-4-6-8-12(10)28-16(13)21-18(27)20-11-9-23(2)22-14(11)15(19)24/h9H,3-8H2,1-2H3,(H2,19,24)(H2,20,21,27). The number of nitrogens with one attached hydrogen (secondary N) is 2. The summed E-state index contributed by atoms with van der Waals surface area (Å²) in [6, 6.07) is 0. The molecule has 2 aromatic rings. The lowest BCUT2D eigenvalue weighted by atomic mass is 10.1. The van der Waals surface area contributed by atoms with Crippen LogP contribution in [0.25, 0.3) is 0 Å². The molecular formula is C18H23N5O3S2. The molecule has 0 saturated carbocycles. The molecule has 0 unspecified atom stereocenters. The zero-order valence-corrected chi connectivity index (χ0v) is 17.5. The third-order valence-electron chi connectivity index (χ3n) is 4.44. The fraction of sp³-hybridized carbons (Fsp3) is 0.444. The second kappa shape index (κ2) is 8.70. The summed E-state index contributed by atoms with van der Waals surface area (Å²) in [5.74, 6) is -0.993. The number of anilines is 2. The predicted octanol–water partition coefficient (Wildman–Crippen LogP) is 2.84. The lowest BCUT2D eigenvalue weighted by Crippen LogP contribution is -2.22. The van der Waals surface area contributed by atoms with Crippen LogP contribution in [0.3, 0.4) is 0 Å². The number of fused-ring (bicyclic) bond motifs is 1. The van der Waals surface area contributed by atoms with E-state index in [4.69, 9.17) is 22.7 Å². The summed E-state index contributed by atoms with van der Waals surface area (Å²) in [5, 5.41) is 11.0. The molecule has 2 aromatic heterocycles. The van der Waals surface area contributed by atoms with E-state index in [-0.39, 0.29) is 16.8 Å². The number of amides is 1. The van der Waals surface area contributed by atoms with Gasteiger partial charge in [-0.1, -0.05) is 6.42 Å². The van der Waals surface area contributed by atoms with E-state index < -0.39 is 5.91 Å². The summed E-state index contributed by atoms with van der Waals surface area (Å²) in [6.45, 7) is 2.10. The van der Waals surface area contributed by atoms with Crippen molar-refractivity contribution in [1.82, 2.24) is 9.78 Å². The van der Waals surface area contributed by atoms with Crippen LogP contribution in [0.4, 0.5) is 10.7 Å². The second-order valence-corrected chi connectivity index (χ2v) is 8.01. The number of primary amides is 1. The van der Waals surface area contributed by atoms with Gasteiger partial charge in [0.2, 0.25) is 0 Å². The number of thiophene rings is 1. The van der Waals surface area contributed by atoms with Gasteiger partial charge in [-0.2, -0.15) is 5.10 Å². The number of aromatic nitrogens is 2. The number of carbonyl (C=O) groups excluding carboxylic acids is 2. The fourth-order valence-corrected chi connectivity index (χ4v) is 4.83. The van der Waals surface area contributed by atoms with E-state index in [0.717, 1.165) is 37.7 Å². The van der Waals surface area contributed by atoms with E-state index in [1.807, 2.05) is 0 Å². The Hall–Kier alpha value is -2.46. The molecule has 10 heteroatoms. The Bertz CT molecular complexity index is 919. The highest BCUT2D eigenvalue weighted by Crippen LogP contribution is 2.38. The van der Waals surface area contributed by atoms with E-state index in [1.54, 1.807) is 20.2 Å². The molecule has 1 aliphatic rings. The van der Waals surface area contributed by atoms with Crippen LogP contribution in [0, 0.1) is 0 Å². The van der Waals surface area contributed by atoms with Gasteiger partial charge in [0.15, 0.2) is 10.8 Å². The number of thiocarbonyl (C=S) groups is 1. The van der Waals surface area contributed by atoms with Gasteiger partial charge in [0.05, 0.1) is 17.9 Å². The highest BCUT2D eigenvalue weighted by molar-refractivity contribution is 7.80. The van der Waals surface area contributed by atoms with Gasteiger partial charge >= 0.3 is 5.97 Å². The van der Waals surface area contributed by atoms with Gasteiger partial charge in [0.1, 0.15) is 5.00 Å². The number of rotatable bonds is 5. The van der Waals surface area contributed by atoms with Crippen LogP contribution in [0.1, 0.15) is 57.5 Å². The average molecular weight is 422 g/mol. The van der Waals surface area contributed by atoms with Gasteiger partial charge in [-0.15, -0.1) is 11.3 Å². The van der Waals surface area contributed by atoms with E-state index in [0.29, 0.717) is 22.9 Å². The maximum atomic E-state index is 12.6. The van der Waals surface area contributed by atoms with Crippen LogP contribution in [0.5, 0.6) is 0 Å². The second-order valence-electron chi connectivity index (χ2n) is 6.50. The summed E-state index contributed by atoms with van der Waals surface area (Å²) in [4.78, 5) is 25.3. The highest BCUT2D eigenvalue weighted by Gasteiger charge is 2.26. The predicted molar refractivity (Wildman–Crippen MR) is 113 cm³/mol. The van der Waals surface area contributed by atoms with Crippen LogP contribution < -0.4 is 16.4 Å². The summed E-state index contributed by atoms with van der Waals surface area (Å²) >= 11 is 6.93. The number of hydrogen-bond donors (Lipinski definition) is 3. The molecule has 0 saturated heterocycles. The first-order chi connectivity index (χ1) is 13.4. The van der Waals surface area contributed by atoms with Crippen LogP contribution in [-0.4, -0.2) is 33.4 Å². The number of aryl methyl sites for hydroxylation is 2. The van der Waals surface area contributed by atoms with Crippen LogP contribution in [0.2, 0.25) is 0 Å². The summed E-state index contributed by atoms with van der Waals surface area (Å²) < 4.78 is 6.75. The number of nitrogens with two attached hydrogens (primary N) is 1. The topological polar surface area (TPSA) is 111 Å². The zero-order chi connectivity index (χ0) is 20.3. The van der Waals surface area contributed by atoms with E-state index in [1.165, 1.54) is 20.9 Å². The Balaban J connectivity index is 1.86. The maximum Gasteiger partial charge on any atom is 0.341 e. The SMILES string of the molecule is CCOC(=O)c1c(NC(=S)Nc2cn(C)nc2C(N)=O)sc2c1CCCCC2. The van der Waals surface area contributed by atoms with Gasteiger partial charge in [-0.05, 0) is 50.4 Å². The molecule has 4 N–H and O–H groups in total. The number of carbonyl (C=O) groups is 2. The average Bonchev–Trinajstić information content (AvgIpc) is 3.06. The molecule has 0 bridgehead atoms. The van der Waals surface area contributed by atoms with Crippen molar-refractivity contribution in [2.45, 2.75) is 39.0 Å². The largest absolute Gasteiger partial charge is 0.462 e. The lowest BCUT2D eigenvalue weighted by Gasteiger charge is -2.11. The van der Waals surface area contributed by atoms with Crippen molar-refractivity contribution < 1.29 is 14.3 Å². The lowest BCUT2D eigenvalue weighted by molar-refractivity contribution is 0.0526. The fourth-order valence-electron chi connectivity index (χ4n) is 3.27. The molecule has 0 aliphatic heterocycles. The molecule has 8 nitrogen and oxygen atoms in total. The molecule has 28 heavy (non-hydrogen) atoms. The normalized spacial score (nSPS) is 13.4. The van der Waals surface area contributed by atoms with Crippen molar-refractivity contribution in [2.75, 3.05) is 17.2 Å². The Labute approximate surface area is 172 Å². The summed E-state index contributed by atoms with van der Waals surface area (Å²) in [6.07, 6.45) is 6.73. The number of hydrogen-bond acceptors (Lipinski definition) is 6. The van der Waals surface area contributed by atoms with Crippen molar-refractivity contribution in [2.24, 2.45) is 12.8 Å². The molecule has 0 fully saturated rings. The molecule has 150 valence electrons. The number of nitrogens with zero attached hydrogens (tertiary/aromatic N) is 2. The van der Waals surface area contributed by atoms with Crippen LogP contribution in [0.15, 0.2) is 6.20 Å². The van der Waals surface area contributed by atoms with Crippen LogP contribution in [-0.2, 0) is 24.6 Å². The molecule has 0 aromatic carbocycles. The molecule has 3 rings (SSSR count). The van der Waals surface area contributed by atoms with E-state index in [9.17, 15) is 9.59 Å². The summed E-state index contributed by atoms with van der Waals surface area (Å²) in [5.41, 5.74) is 7.48. The molecule has 2 heterocycles. The quantitative estimate of drug-likeness (QED) is 0.387. The zero-order valence-electron chi connectivity index (χ0n) is 15.8. The van der Waals surface area contributed by atoms with Crippen molar-refractivity contribution in [3.63, 3.8) is 0 Å². The molecule has 0 spiro atoms. The first kappa shape index (κ1) is 20.3. The minimum Gasteiger partial charge on any atom is -0.462 e. The minimum absolute atomic E-state index is 0.0965. The highest BCUT2D eigenvalue weighted by atomic mass is 32.1. The molecule has 1 aliphatic carbocycles. The molecular weight excluding hydrogens is 398 g/mol. The molecule has 1 amide bonds. The Kier molecular flexibility index (Phi) is 6.30. The van der Waals surface area contributed by atoms with Crippen LogP contribution >= 0.6 is 23.6 Å². The van der Waals surface area contributed by atoms with Gasteiger partial charge in [0, 0.05) is 18.1 Å². The Morgan fingerprint density at radius 3 is 2.79 bits per heavy atom. The first-order valence-electron chi connectivity index (χ1n) is 9.13. The molecule has 0 atom stereocenters. The van der Waals surface area contributed by atoms with E-state index >= 15 is 0 Å². The van der Waals surface area contributed by atoms with Crippen molar-refractivity contribution in [1.29, 1.82) is 0 Å². The number of ether oxygens (including phenoxy) is 1. The first-order valence-corrected chi connectivity index (χ1v) is 10.4. The van der Waals surface area contributed by atoms with Gasteiger partial charge < -0.3 is 21.1 Å². The van der Waals surface area contributed by atoms with E-state index in [2.05, 4.69) is 15.7 Å². The Morgan fingerprint density at radius 2 is 2.07 bits per heavy atom. The molecule has 0 radical (unpaired) electrons. The van der Waals surface area contributed by atoms with Gasteiger partial charge in [-0.25, -0.2) is 4.79 Å². The van der Waals surface area contributed by atoms with Gasteiger partial charge in [-0.3, -0.25) is 9.48 Å². The van der Waals surface area contributed by atoms with Crippen molar-refractivity contribution in [3.05, 3.63) is 27.9 Å². The third-order valence-corrected chi connectivity index (χ3v) is 5.85. The number of esters is 1. The third kappa shape index (κ3) is 4.33. The van der Waals surface area contributed by atoms with Crippen molar-refractivity contribution in [3.8, 4) is 0 Å². The minimum atomic E-state index is -0.652. The smallest absolute Gasteiger partial charge is 0.341 e. The Morgan fingerprint density at radius 1 is 1.32 bits per heavy atom. The van der Waals surface area contributed by atoms with Gasteiger partial charge in [0.25, 0.3) is 5.91 Å². The van der Waals surface area contributed by atoms with Crippen molar-refractivity contribution >= 4 is 51.2 Å². The monoisotopic (exact) mass is 421 g/mol. The summed E-state index contributed by atoms with van der Waals surface area (Å²) in [7, 11) is 1.68.